The lowest BCUT2D eigenvalue weighted by atomic mass is 9.92. The third-order valence-electron chi connectivity index (χ3n) is 4.85. The van der Waals surface area contributed by atoms with E-state index in [4.69, 9.17) is 0 Å². The zero-order valence-electron chi connectivity index (χ0n) is 11.5. The van der Waals surface area contributed by atoms with E-state index in [9.17, 15) is 5.11 Å². The van der Waals surface area contributed by atoms with E-state index in [-0.39, 0.29) is 5.92 Å². The maximum atomic E-state index is 10.8. The molecule has 2 atom stereocenters. The number of hydrogen-bond acceptors (Lipinski definition) is 2. The molecule has 0 amide bonds. The zero-order chi connectivity index (χ0) is 13.5. The summed E-state index contributed by atoms with van der Waals surface area (Å²) in [6.45, 7) is 0. The lowest BCUT2D eigenvalue weighted by Crippen LogP contribution is -2.10. The molecule has 2 heteroatoms. The summed E-state index contributed by atoms with van der Waals surface area (Å²) in [5.74, 6) is 0.158. The van der Waals surface area contributed by atoms with Crippen molar-refractivity contribution >= 4 is 0 Å². The third kappa shape index (κ3) is 1.87. The van der Waals surface area contributed by atoms with Gasteiger partial charge >= 0.3 is 0 Å². The number of rotatable bonds is 2. The molecule has 1 N–H and O–H groups in total. The Morgan fingerprint density at radius 3 is 2.90 bits per heavy atom. The molecule has 0 saturated carbocycles. The average Bonchev–Trinajstić information content (AvgIpc) is 3.12. The lowest BCUT2D eigenvalue weighted by molar-refractivity contribution is 0.143. The molecular weight excluding hydrogens is 246 g/mol. The van der Waals surface area contributed by atoms with Gasteiger partial charge in [-0.3, -0.25) is 4.98 Å². The standard InChI is InChI=1S/C18H19NO/c20-18(15-7-6-12-3-1-4-14(12)11-15)16-9-8-13-5-2-10-19-17(13)16/h2,5-7,10-11,16,18,20H,1,3-4,8-9H2. The van der Waals surface area contributed by atoms with Crippen LogP contribution in [0.2, 0.25) is 0 Å². The molecule has 1 heterocycles. The Morgan fingerprint density at radius 2 is 1.95 bits per heavy atom. The van der Waals surface area contributed by atoms with Crippen molar-refractivity contribution in [2.45, 2.75) is 44.1 Å². The second kappa shape index (κ2) is 4.71. The maximum absolute atomic E-state index is 10.8. The minimum Gasteiger partial charge on any atom is -0.388 e. The first-order chi connectivity index (χ1) is 9.83. The highest BCUT2D eigenvalue weighted by molar-refractivity contribution is 5.38. The van der Waals surface area contributed by atoms with Gasteiger partial charge < -0.3 is 5.11 Å². The Balaban J connectivity index is 1.67. The number of aliphatic hydroxyl groups excluding tert-OH is 1. The van der Waals surface area contributed by atoms with Gasteiger partial charge in [0.15, 0.2) is 0 Å². The van der Waals surface area contributed by atoms with Crippen LogP contribution in [0.1, 0.15) is 52.8 Å². The van der Waals surface area contributed by atoms with Crippen LogP contribution < -0.4 is 0 Å². The van der Waals surface area contributed by atoms with Gasteiger partial charge in [0.1, 0.15) is 0 Å². The molecule has 20 heavy (non-hydrogen) atoms. The van der Waals surface area contributed by atoms with Crippen LogP contribution in [-0.4, -0.2) is 10.1 Å². The van der Waals surface area contributed by atoms with Crippen molar-refractivity contribution in [3.8, 4) is 0 Å². The number of aromatic nitrogens is 1. The van der Waals surface area contributed by atoms with Crippen LogP contribution in [0.5, 0.6) is 0 Å². The quantitative estimate of drug-likeness (QED) is 0.903. The number of benzene rings is 1. The number of aryl methyl sites for hydroxylation is 3. The molecule has 0 radical (unpaired) electrons. The molecule has 0 spiro atoms. The fourth-order valence-electron chi connectivity index (χ4n) is 3.76. The summed E-state index contributed by atoms with van der Waals surface area (Å²) in [6, 6.07) is 10.7. The van der Waals surface area contributed by atoms with Gasteiger partial charge in [0, 0.05) is 17.8 Å². The van der Waals surface area contributed by atoms with E-state index < -0.39 is 6.10 Å². The zero-order valence-corrected chi connectivity index (χ0v) is 11.5. The number of pyridine rings is 1. The molecule has 0 saturated heterocycles. The van der Waals surface area contributed by atoms with E-state index in [0.29, 0.717) is 0 Å². The van der Waals surface area contributed by atoms with Crippen molar-refractivity contribution < 1.29 is 5.11 Å². The van der Waals surface area contributed by atoms with Gasteiger partial charge in [0.05, 0.1) is 6.10 Å². The Bertz CT molecular complexity index is 650. The van der Waals surface area contributed by atoms with Gasteiger partial charge in [-0.25, -0.2) is 0 Å². The van der Waals surface area contributed by atoms with Crippen LogP contribution in [0.3, 0.4) is 0 Å². The largest absolute Gasteiger partial charge is 0.388 e. The van der Waals surface area contributed by atoms with Crippen LogP contribution in [0.25, 0.3) is 0 Å². The molecule has 2 unspecified atom stereocenters. The topological polar surface area (TPSA) is 33.1 Å². The third-order valence-corrected chi connectivity index (χ3v) is 4.85. The summed E-state index contributed by atoms with van der Waals surface area (Å²) in [5, 5.41) is 10.8. The van der Waals surface area contributed by atoms with E-state index in [1.54, 1.807) is 0 Å². The van der Waals surface area contributed by atoms with Gasteiger partial charge in [0.25, 0.3) is 0 Å². The summed E-state index contributed by atoms with van der Waals surface area (Å²) < 4.78 is 0. The van der Waals surface area contributed by atoms with Crippen molar-refractivity contribution in [2.24, 2.45) is 0 Å². The maximum Gasteiger partial charge on any atom is 0.0873 e. The number of hydrogen-bond donors (Lipinski definition) is 1. The Kier molecular flexibility index (Phi) is 2.85. The average molecular weight is 265 g/mol. The van der Waals surface area contributed by atoms with E-state index in [0.717, 1.165) is 30.5 Å². The molecule has 102 valence electrons. The minimum absolute atomic E-state index is 0.158. The monoisotopic (exact) mass is 265 g/mol. The molecule has 1 aromatic carbocycles. The predicted octanol–water partition coefficient (Wildman–Crippen LogP) is 3.33. The molecule has 2 aliphatic rings. The molecule has 0 aliphatic heterocycles. The first-order valence-corrected chi connectivity index (χ1v) is 7.56. The van der Waals surface area contributed by atoms with Gasteiger partial charge in [0.2, 0.25) is 0 Å². The number of fused-ring (bicyclic) bond motifs is 2. The van der Waals surface area contributed by atoms with Crippen molar-refractivity contribution in [3.05, 3.63) is 64.5 Å². The molecule has 1 aromatic heterocycles. The highest BCUT2D eigenvalue weighted by atomic mass is 16.3. The van der Waals surface area contributed by atoms with Crippen molar-refractivity contribution in [1.82, 2.24) is 4.98 Å². The molecule has 0 fully saturated rings. The highest BCUT2D eigenvalue weighted by Gasteiger charge is 2.31. The van der Waals surface area contributed by atoms with Crippen LogP contribution >= 0.6 is 0 Å². The van der Waals surface area contributed by atoms with Crippen LogP contribution in [-0.2, 0) is 19.3 Å². The summed E-state index contributed by atoms with van der Waals surface area (Å²) >= 11 is 0. The van der Waals surface area contributed by atoms with Gasteiger partial charge in [-0.05, 0) is 60.4 Å². The lowest BCUT2D eigenvalue weighted by Gasteiger charge is -2.19. The predicted molar refractivity (Wildman–Crippen MR) is 78.7 cm³/mol. The highest BCUT2D eigenvalue weighted by Crippen LogP contribution is 2.41. The molecule has 2 aliphatic carbocycles. The Morgan fingerprint density at radius 1 is 1.05 bits per heavy atom. The van der Waals surface area contributed by atoms with Crippen LogP contribution in [0.15, 0.2) is 36.5 Å². The van der Waals surface area contributed by atoms with E-state index in [1.165, 1.54) is 29.5 Å². The smallest absolute Gasteiger partial charge is 0.0873 e. The fourth-order valence-corrected chi connectivity index (χ4v) is 3.76. The Hall–Kier alpha value is -1.67. The minimum atomic E-state index is -0.419. The molecule has 2 nitrogen and oxygen atoms in total. The first kappa shape index (κ1) is 12.1. The number of nitrogens with zero attached hydrogens (tertiary/aromatic N) is 1. The summed E-state index contributed by atoms with van der Waals surface area (Å²) in [4.78, 5) is 4.50. The van der Waals surface area contributed by atoms with E-state index in [1.807, 2.05) is 12.3 Å². The SMILES string of the molecule is OC(c1ccc2c(c1)CCC2)C1CCc2cccnc21. The van der Waals surface area contributed by atoms with E-state index in [2.05, 4.69) is 29.2 Å². The molecule has 0 bridgehead atoms. The second-order valence-electron chi connectivity index (χ2n) is 6.02. The van der Waals surface area contributed by atoms with Crippen molar-refractivity contribution in [2.75, 3.05) is 0 Å². The van der Waals surface area contributed by atoms with Crippen molar-refractivity contribution in [1.29, 1.82) is 0 Å². The summed E-state index contributed by atoms with van der Waals surface area (Å²) in [5.41, 5.74) is 6.36. The van der Waals surface area contributed by atoms with E-state index >= 15 is 0 Å². The number of aliphatic hydroxyl groups is 1. The summed E-state index contributed by atoms with van der Waals surface area (Å²) in [7, 11) is 0. The fraction of sp³-hybridized carbons (Fsp3) is 0.389. The Labute approximate surface area is 119 Å². The normalized spacial score (nSPS) is 21.6. The summed E-state index contributed by atoms with van der Waals surface area (Å²) in [6.07, 6.45) is 7.07. The van der Waals surface area contributed by atoms with Crippen molar-refractivity contribution in [3.63, 3.8) is 0 Å². The van der Waals surface area contributed by atoms with Gasteiger partial charge in [-0.2, -0.15) is 0 Å². The van der Waals surface area contributed by atoms with Gasteiger partial charge in [-0.1, -0.05) is 24.3 Å². The van der Waals surface area contributed by atoms with Crippen LogP contribution in [0.4, 0.5) is 0 Å². The van der Waals surface area contributed by atoms with Gasteiger partial charge in [-0.15, -0.1) is 0 Å². The van der Waals surface area contributed by atoms with Crippen LogP contribution in [0, 0.1) is 0 Å². The molecule has 2 aromatic rings. The molecular formula is C18H19NO. The first-order valence-electron chi connectivity index (χ1n) is 7.56. The molecule has 4 rings (SSSR count). The second-order valence-corrected chi connectivity index (χ2v) is 6.02.